The van der Waals surface area contributed by atoms with Crippen LogP contribution in [0.5, 0.6) is 0 Å². The van der Waals surface area contributed by atoms with E-state index in [1.54, 1.807) is 10.8 Å². The molecule has 1 fully saturated rings. The van der Waals surface area contributed by atoms with E-state index in [0.717, 1.165) is 37.0 Å². The Bertz CT molecular complexity index is 1260. The first-order valence-corrected chi connectivity index (χ1v) is 10.6. The predicted octanol–water partition coefficient (Wildman–Crippen LogP) is 3.71. The van der Waals surface area contributed by atoms with Crippen LogP contribution in [0.1, 0.15) is 41.6 Å². The third kappa shape index (κ3) is 3.28. The molecular weight excluding hydrogens is 376 g/mol. The second-order valence-corrected chi connectivity index (χ2v) is 7.90. The number of benzene rings is 1. The summed E-state index contributed by atoms with van der Waals surface area (Å²) in [5, 5.41) is 0. The van der Waals surface area contributed by atoms with Crippen LogP contribution in [0, 0.1) is 0 Å². The fraction of sp³-hybridized carbons (Fsp3) is 0.292. The molecule has 4 aromatic rings. The molecular formula is C24H24N4O2. The van der Waals surface area contributed by atoms with E-state index in [4.69, 9.17) is 0 Å². The Morgan fingerprint density at radius 3 is 2.40 bits per heavy atom. The van der Waals surface area contributed by atoms with Gasteiger partial charge in [-0.15, -0.1) is 0 Å². The lowest BCUT2D eigenvalue weighted by Gasteiger charge is -2.20. The number of nitrogens with zero attached hydrogens (tertiary/aromatic N) is 4. The smallest absolute Gasteiger partial charge is 0.276 e. The van der Waals surface area contributed by atoms with Crippen LogP contribution < -0.4 is 5.56 Å². The van der Waals surface area contributed by atoms with Crippen molar-refractivity contribution in [2.24, 2.45) is 0 Å². The van der Waals surface area contributed by atoms with Crippen molar-refractivity contribution in [2.75, 3.05) is 13.1 Å². The first-order chi connectivity index (χ1) is 14.7. The summed E-state index contributed by atoms with van der Waals surface area (Å²) >= 11 is 0. The molecule has 1 aliphatic rings. The van der Waals surface area contributed by atoms with Gasteiger partial charge in [0.15, 0.2) is 5.65 Å². The van der Waals surface area contributed by atoms with Crippen LogP contribution in [0.4, 0.5) is 0 Å². The number of pyridine rings is 1. The van der Waals surface area contributed by atoms with E-state index in [-0.39, 0.29) is 11.5 Å². The lowest BCUT2D eigenvalue weighted by molar-refractivity contribution is 0.0761. The molecule has 6 heteroatoms. The zero-order chi connectivity index (χ0) is 20.5. The Kier molecular flexibility index (Phi) is 4.83. The van der Waals surface area contributed by atoms with Crippen molar-refractivity contribution in [1.82, 2.24) is 18.9 Å². The molecule has 0 N–H and O–H groups in total. The minimum Gasteiger partial charge on any atom is -0.339 e. The maximum Gasteiger partial charge on any atom is 0.276 e. The van der Waals surface area contributed by atoms with Crippen LogP contribution in [0.25, 0.3) is 16.7 Å². The van der Waals surface area contributed by atoms with Gasteiger partial charge in [0.1, 0.15) is 5.52 Å². The van der Waals surface area contributed by atoms with Crippen LogP contribution in [0.2, 0.25) is 0 Å². The lowest BCUT2D eigenvalue weighted by atomic mass is 10.1. The van der Waals surface area contributed by atoms with Crippen molar-refractivity contribution in [2.45, 2.75) is 32.2 Å². The van der Waals surface area contributed by atoms with Crippen molar-refractivity contribution < 1.29 is 4.79 Å². The van der Waals surface area contributed by atoms with E-state index in [1.165, 1.54) is 12.8 Å². The molecule has 152 valence electrons. The van der Waals surface area contributed by atoms with Gasteiger partial charge in [-0.25, -0.2) is 4.98 Å². The molecule has 4 heterocycles. The molecule has 0 atom stereocenters. The average Bonchev–Trinajstić information content (AvgIpc) is 3.12. The normalized spacial score (nSPS) is 14.9. The molecule has 0 radical (unpaired) electrons. The third-order valence-electron chi connectivity index (χ3n) is 5.93. The molecule has 1 aromatic carbocycles. The summed E-state index contributed by atoms with van der Waals surface area (Å²) in [6.45, 7) is 2.09. The summed E-state index contributed by atoms with van der Waals surface area (Å²) in [6, 6.07) is 15.2. The molecule has 5 rings (SSSR count). The second kappa shape index (κ2) is 7.78. The Balaban J connectivity index is 1.46. The number of fused-ring (bicyclic) bond motifs is 3. The van der Waals surface area contributed by atoms with Gasteiger partial charge >= 0.3 is 0 Å². The molecule has 1 amide bonds. The fourth-order valence-corrected chi connectivity index (χ4v) is 4.32. The molecule has 0 unspecified atom stereocenters. The van der Waals surface area contributed by atoms with Crippen molar-refractivity contribution in [3.05, 3.63) is 82.4 Å². The van der Waals surface area contributed by atoms with E-state index >= 15 is 0 Å². The summed E-state index contributed by atoms with van der Waals surface area (Å²) < 4.78 is 3.58. The number of hydrogen-bond donors (Lipinski definition) is 0. The van der Waals surface area contributed by atoms with E-state index in [0.29, 0.717) is 23.3 Å². The quantitative estimate of drug-likeness (QED) is 0.527. The van der Waals surface area contributed by atoms with Gasteiger partial charge < -0.3 is 9.30 Å². The first kappa shape index (κ1) is 18.6. The maximum absolute atomic E-state index is 13.1. The van der Waals surface area contributed by atoms with Gasteiger partial charge in [0, 0.05) is 31.0 Å². The number of amides is 1. The summed E-state index contributed by atoms with van der Waals surface area (Å²) in [4.78, 5) is 32.3. The summed E-state index contributed by atoms with van der Waals surface area (Å²) in [7, 11) is 0. The van der Waals surface area contributed by atoms with Gasteiger partial charge in [-0.1, -0.05) is 25.0 Å². The van der Waals surface area contributed by atoms with Crippen molar-refractivity contribution in [3.8, 4) is 0 Å². The summed E-state index contributed by atoms with van der Waals surface area (Å²) in [5.74, 6) is 0.0994. The van der Waals surface area contributed by atoms with E-state index in [1.807, 2.05) is 64.0 Å². The van der Waals surface area contributed by atoms with Gasteiger partial charge in [-0.3, -0.25) is 14.2 Å². The zero-order valence-electron chi connectivity index (χ0n) is 16.8. The average molecular weight is 400 g/mol. The van der Waals surface area contributed by atoms with Crippen LogP contribution in [-0.2, 0) is 6.54 Å². The molecule has 0 saturated carbocycles. The predicted molar refractivity (Wildman–Crippen MR) is 117 cm³/mol. The Hall–Kier alpha value is -3.41. The van der Waals surface area contributed by atoms with E-state index in [2.05, 4.69) is 4.98 Å². The largest absolute Gasteiger partial charge is 0.339 e. The molecule has 1 saturated heterocycles. The number of rotatable bonds is 3. The van der Waals surface area contributed by atoms with Gasteiger partial charge in [0.05, 0.1) is 12.1 Å². The summed E-state index contributed by atoms with van der Waals surface area (Å²) in [5.41, 5.74) is 3.77. The second-order valence-electron chi connectivity index (χ2n) is 7.90. The third-order valence-corrected chi connectivity index (χ3v) is 5.93. The molecule has 6 nitrogen and oxygen atoms in total. The van der Waals surface area contributed by atoms with Crippen LogP contribution >= 0.6 is 0 Å². The van der Waals surface area contributed by atoms with Crippen LogP contribution in [-0.4, -0.2) is 37.8 Å². The SMILES string of the molecule is O=C(c1ccc(Cn2c(=O)c3cccn3c3cccnc32)cc1)N1CCCCCC1. The lowest BCUT2D eigenvalue weighted by Crippen LogP contribution is -2.31. The minimum absolute atomic E-state index is 0.0732. The number of hydrogen-bond acceptors (Lipinski definition) is 3. The highest BCUT2D eigenvalue weighted by Crippen LogP contribution is 2.17. The van der Waals surface area contributed by atoms with Crippen molar-refractivity contribution in [3.63, 3.8) is 0 Å². The number of aromatic nitrogens is 3. The van der Waals surface area contributed by atoms with Gasteiger partial charge in [0.2, 0.25) is 0 Å². The number of carbonyl (C=O) groups is 1. The van der Waals surface area contributed by atoms with E-state index < -0.39 is 0 Å². The Morgan fingerprint density at radius 2 is 1.63 bits per heavy atom. The van der Waals surface area contributed by atoms with Crippen LogP contribution in [0.3, 0.4) is 0 Å². The highest BCUT2D eigenvalue weighted by atomic mass is 16.2. The van der Waals surface area contributed by atoms with Gasteiger partial charge in [-0.2, -0.15) is 0 Å². The van der Waals surface area contributed by atoms with Gasteiger partial charge in [0.25, 0.3) is 11.5 Å². The first-order valence-electron chi connectivity index (χ1n) is 10.6. The zero-order valence-corrected chi connectivity index (χ0v) is 16.8. The minimum atomic E-state index is -0.0732. The highest BCUT2D eigenvalue weighted by Gasteiger charge is 2.17. The number of carbonyl (C=O) groups excluding carboxylic acids is 1. The van der Waals surface area contributed by atoms with Gasteiger partial charge in [-0.05, 0) is 54.8 Å². The molecule has 3 aromatic heterocycles. The molecule has 1 aliphatic heterocycles. The topological polar surface area (TPSA) is 59.6 Å². The maximum atomic E-state index is 13.1. The van der Waals surface area contributed by atoms with Crippen molar-refractivity contribution >= 4 is 22.6 Å². The Labute approximate surface area is 174 Å². The highest BCUT2D eigenvalue weighted by molar-refractivity contribution is 5.94. The standard InChI is InChI=1S/C24H24N4O2/c29-23(26-14-3-1-2-4-15-26)19-11-9-18(10-12-19)17-28-22-20(7-5-13-25-22)27-16-6-8-21(27)24(28)30/h5-13,16H,1-4,14-15,17H2. The molecule has 0 bridgehead atoms. The Morgan fingerprint density at radius 1 is 0.900 bits per heavy atom. The monoisotopic (exact) mass is 400 g/mol. The fourth-order valence-electron chi connectivity index (χ4n) is 4.32. The molecule has 0 spiro atoms. The molecule has 0 aliphatic carbocycles. The van der Waals surface area contributed by atoms with Crippen LogP contribution in [0.15, 0.2) is 65.7 Å². The van der Waals surface area contributed by atoms with E-state index in [9.17, 15) is 9.59 Å². The van der Waals surface area contributed by atoms with Crippen molar-refractivity contribution in [1.29, 1.82) is 0 Å². The number of likely N-dealkylation sites (tertiary alicyclic amines) is 1. The molecule has 30 heavy (non-hydrogen) atoms. The summed E-state index contributed by atoms with van der Waals surface area (Å²) in [6.07, 6.45) is 8.14.